The van der Waals surface area contributed by atoms with E-state index in [4.69, 9.17) is 11.6 Å². The fraction of sp³-hybridized carbons (Fsp3) is 0.0588. The Morgan fingerprint density at radius 3 is 2.55 bits per heavy atom. The fourth-order valence-electron chi connectivity index (χ4n) is 2.00. The van der Waals surface area contributed by atoms with E-state index in [0.29, 0.717) is 5.02 Å². The highest BCUT2D eigenvalue weighted by Gasteiger charge is 2.09. The second kappa shape index (κ2) is 6.73. The standard InChI is InChI=1S/C17H13ClN2OS/c18-13-6-8-14(9-7-13)19-16(21)10-15-11-22-17(20-15)12-4-2-1-3-5-12/h1-9,11H,10H2,(H,19,21). The number of carbonyl (C=O) groups excluding carboxylic acids is 1. The van der Waals surface area contributed by atoms with Crippen molar-refractivity contribution < 1.29 is 4.79 Å². The van der Waals surface area contributed by atoms with Crippen molar-refractivity contribution in [2.24, 2.45) is 0 Å². The summed E-state index contributed by atoms with van der Waals surface area (Å²) in [5.41, 5.74) is 2.57. The molecule has 0 saturated carbocycles. The highest BCUT2D eigenvalue weighted by molar-refractivity contribution is 7.13. The summed E-state index contributed by atoms with van der Waals surface area (Å²) in [5, 5.41) is 6.32. The Balaban J connectivity index is 1.65. The molecular formula is C17H13ClN2OS. The van der Waals surface area contributed by atoms with E-state index in [9.17, 15) is 4.79 Å². The molecule has 3 nitrogen and oxygen atoms in total. The smallest absolute Gasteiger partial charge is 0.230 e. The summed E-state index contributed by atoms with van der Waals surface area (Å²) < 4.78 is 0. The molecule has 0 atom stereocenters. The third-order valence-electron chi connectivity index (χ3n) is 3.04. The number of nitrogens with one attached hydrogen (secondary N) is 1. The van der Waals surface area contributed by atoms with Gasteiger partial charge in [-0.15, -0.1) is 11.3 Å². The van der Waals surface area contributed by atoms with Crippen molar-refractivity contribution in [2.45, 2.75) is 6.42 Å². The third-order valence-corrected chi connectivity index (χ3v) is 4.23. The van der Waals surface area contributed by atoms with Crippen LogP contribution in [0.15, 0.2) is 60.0 Å². The van der Waals surface area contributed by atoms with E-state index in [1.165, 1.54) is 0 Å². The average molecular weight is 329 g/mol. The van der Waals surface area contributed by atoms with E-state index in [-0.39, 0.29) is 12.3 Å². The van der Waals surface area contributed by atoms with Crippen molar-refractivity contribution in [3.8, 4) is 10.6 Å². The van der Waals surface area contributed by atoms with Gasteiger partial charge >= 0.3 is 0 Å². The number of aromatic nitrogens is 1. The Hall–Kier alpha value is -2.17. The molecule has 3 rings (SSSR count). The van der Waals surface area contributed by atoms with Gasteiger partial charge in [-0.05, 0) is 24.3 Å². The number of hydrogen-bond donors (Lipinski definition) is 1. The highest BCUT2D eigenvalue weighted by Crippen LogP contribution is 2.23. The van der Waals surface area contributed by atoms with Crippen LogP contribution in [0, 0.1) is 0 Å². The van der Waals surface area contributed by atoms with Crippen molar-refractivity contribution in [1.82, 2.24) is 4.98 Å². The Morgan fingerprint density at radius 1 is 1.09 bits per heavy atom. The van der Waals surface area contributed by atoms with E-state index in [1.54, 1.807) is 35.6 Å². The van der Waals surface area contributed by atoms with Crippen LogP contribution in [0.1, 0.15) is 5.69 Å². The first-order chi connectivity index (χ1) is 10.7. The quantitative estimate of drug-likeness (QED) is 0.757. The van der Waals surface area contributed by atoms with Crippen molar-refractivity contribution in [3.63, 3.8) is 0 Å². The van der Waals surface area contributed by atoms with E-state index in [0.717, 1.165) is 22.0 Å². The maximum absolute atomic E-state index is 12.0. The van der Waals surface area contributed by atoms with Crippen molar-refractivity contribution in [2.75, 3.05) is 5.32 Å². The molecule has 0 fully saturated rings. The predicted molar refractivity (Wildman–Crippen MR) is 91.3 cm³/mol. The minimum atomic E-state index is -0.0905. The Bertz CT molecular complexity index is 769. The summed E-state index contributed by atoms with van der Waals surface area (Å²) in [6, 6.07) is 17.0. The van der Waals surface area contributed by atoms with E-state index in [1.807, 2.05) is 35.7 Å². The SMILES string of the molecule is O=C(Cc1csc(-c2ccccc2)n1)Nc1ccc(Cl)cc1. The molecule has 110 valence electrons. The second-order valence-corrected chi connectivity index (χ2v) is 6.04. The summed E-state index contributed by atoms with van der Waals surface area (Å²) in [6.45, 7) is 0. The van der Waals surface area contributed by atoms with Crippen molar-refractivity contribution >= 4 is 34.5 Å². The maximum Gasteiger partial charge on any atom is 0.230 e. The molecule has 0 bridgehead atoms. The number of amides is 1. The van der Waals surface area contributed by atoms with Gasteiger partial charge in [-0.25, -0.2) is 4.98 Å². The largest absolute Gasteiger partial charge is 0.326 e. The predicted octanol–water partition coefficient (Wildman–Crippen LogP) is 4.64. The van der Waals surface area contributed by atoms with Crippen LogP contribution in [0.2, 0.25) is 5.02 Å². The van der Waals surface area contributed by atoms with Gasteiger partial charge in [-0.2, -0.15) is 0 Å². The summed E-state index contributed by atoms with van der Waals surface area (Å²) in [7, 11) is 0. The zero-order valence-electron chi connectivity index (χ0n) is 11.6. The van der Waals surface area contributed by atoms with Gasteiger partial charge in [0, 0.05) is 21.7 Å². The molecule has 5 heteroatoms. The van der Waals surface area contributed by atoms with Crippen LogP contribution in [0.25, 0.3) is 10.6 Å². The molecule has 0 aliphatic rings. The van der Waals surface area contributed by atoms with Gasteiger partial charge in [0.2, 0.25) is 5.91 Å². The van der Waals surface area contributed by atoms with Crippen LogP contribution in [0.4, 0.5) is 5.69 Å². The molecular weight excluding hydrogens is 316 g/mol. The molecule has 1 N–H and O–H groups in total. The van der Waals surface area contributed by atoms with Crippen molar-refractivity contribution in [1.29, 1.82) is 0 Å². The monoisotopic (exact) mass is 328 g/mol. The second-order valence-electron chi connectivity index (χ2n) is 4.74. The number of halogens is 1. The molecule has 22 heavy (non-hydrogen) atoms. The van der Waals surface area contributed by atoms with Crippen LogP contribution in [0.3, 0.4) is 0 Å². The molecule has 0 spiro atoms. The van der Waals surface area contributed by atoms with Gasteiger partial charge in [0.25, 0.3) is 0 Å². The van der Waals surface area contributed by atoms with Crippen LogP contribution >= 0.6 is 22.9 Å². The molecule has 0 unspecified atom stereocenters. The summed E-state index contributed by atoms with van der Waals surface area (Å²) in [6.07, 6.45) is 0.256. The molecule has 0 radical (unpaired) electrons. The number of rotatable bonds is 4. The Morgan fingerprint density at radius 2 is 1.82 bits per heavy atom. The lowest BCUT2D eigenvalue weighted by Gasteiger charge is -2.03. The van der Waals surface area contributed by atoms with E-state index >= 15 is 0 Å². The lowest BCUT2D eigenvalue weighted by Crippen LogP contribution is -2.14. The zero-order valence-corrected chi connectivity index (χ0v) is 13.2. The van der Waals surface area contributed by atoms with Gasteiger partial charge in [-0.1, -0.05) is 41.9 Å². The lowest BCUT2D eigenvalue weighted by atomic mass is 10.2. The number of nitrogens with zero attached hydrogens (tertiary/aromatic N) is 1. The minimum absolute atomic E-state index is 0.0905. The van der Waals surface area contributed by atoms with Gasteiger partial charge in [-0.3, -0.25) is 4.79 Å². The number of thiazole rings is 1. The normalized spacial score (nSPS) is 10.4. The highest BCUT2D eigenvalue weighted by atomic mass is 35.5. The van der Waals surface area contributed by atoms with Gasteiger partial charge in [0.15, 0.2) is 0 Å². The van der Waals surface area contributed by atoms with Gasteiger partial charge in [0.05, 0.1) is 12.1 Å². The fourth-order valence-corrected chi connectivity index (χ4v) is 2.96. The van der Waals surface area contributed by atoms with Crippen LogP contribution in [0.5, 0.6) is 0 Å². The third kappa shape index (κ3) is 3.72. The molecule has 1 amide bonds. The minimum Gasteiger partial charge on any atom is -0.326 e. The number of benzene rings is 2. The van der Waals surface area contributed by atoms with Gasteiger partial charge < -0.3 is 5.32 Å². The molecule has 1 aromatic heterocycles. The topological polar surface area (TPSA) is 42.0 Å². The first-order valence-corrected chi connectivity index (χ1v) is 8.02. The number of carbonyl (C=O) groups is 1. The number of anilines is 1. The molecule has 0 aliphatic carbocycles. The average Bonchev–Trinajstić information content (AvgIpc) is 2.99. The molecule has 3 aromatic rings. The first-order valence-electron chi connectivity index (χ1n) is 6.76. The summed E-state index contributed by atoms with van der Waals surface area (Å²) in [4.78, 5) is 16.5. The maximum atomic E-state index is 12.0. The summed E-state index contributed by atoms with van der Waals surface area (Å²) in [5.74, 6) is -0.0905. The van der Waals surface area contributed by atoms with Crippen molar-refractivity contribution in [3.05, 3.63) is 70.7 Å². The Labute approximate surface area is 137 Å². The summed E-state index contributed by atoms with van der Waals surface area (Å²) >= 11 is 7.36. The zero-order chi connectivity index (χ0) is 15.4. The first kappa shape index (κ1) is 14.8. The molecule has 0 aliphatic heterocycles. The van der Waals surface area contributed by atoms with Gasteiger partial charge in [0.1, 0.15) is 5.01 Å². The Kier molecular flexibility index (Phi) is 4.51. The molecule has 0 saturated heterocycles. The molecule has 1 heterocycles. The van der Waals surface area contributed by atoms with E-state index in [2.05, 4.69) is 10.3 Å². The number of hydrogen-bond acceptors (Lipinski definition) is 3. The van der Waals surface area contributed by atoms with E-state index < -0.39 is 0 Å². The van der Waals surface area contributed by atoms with Crippen LogP contribution in [-0.2, 0) is 11.2 Å². The molecule has 2 aromatic carbocycles. The van der Waals surface area contributed by atoms with Crippen LogP contribution in [-0.4, -0.2) is 10.9 Å². The lowest BCUT2D eigenvalue weighted by molar-refractivity contribution is -0.115. The van der Waals surface area contributed by atoms with Crippen LogP contribution < -0.4 is 5.32 Å².